The molecule has 1 N–H and O–H groups in total. The summed E-state index contributed by atoms with van der Waals surface area (Å²) < 4.78 is 2.91. The molecule has 0 radical (unpaired) electrons. The molecule has 1 heterocycles. The Kier molecular flexibility index (Phi) is 3.66. The summed E-state index contributed by atoms with van der Waals surface area (Å²) >= 11 is 1.17. The van der Waals surface area contributed by atoms with Crippen LogP contribution in [0.15, 0.2) is 23.4 Å². The summed E-state index contributed by atoms with van der Waals surface area (Å²) in [6.45, 7) is 2.65. The Morgan fingerprint density at radius 3 is 3.15 bits per heavy atom. The predicted octanol–water partition coefficient (Wildman–Crippen LogP) is 1.61. The van der Waals surface area contributed by atoms with Crippen molar-refractivity contribution in [3.8, 4) is 0 Å². The molecule has 0 spiro atoms. The molecule has 0 bridgehead atoms. The summed E-state index contributed by atoms with van der Waals surface area (Å²) in [6, 6.07) is 2.99. The quantitative estimate of drug-likeness (QED) is 0.453. The summed E-state index contributed by atoms with van der Waals surface area (Å²) in [6.07, 6.45) is 1.53. The van der Waals surface area contributed by atoms with E-state index in [1.165, 1.54) is 24.2 Å². The molecule has 0 atom stereocenters. The molecular formula is C7H9N3O2S. The van der Waals surface area contributed by atoms with E-state index in [0.717, 1.165) is 6.54 Å². The molecule has 0 amide bonds. The average Bonchev–Trinajstić information content (AvgIpc) is 2.15. The van der Waals surface area contributed by atoms with Gasteiger partial charge in [0.15, 0.2) is 5.03 Å². The van der Waals surface area contributed by atoms with Gasteiger partial charge in [-0.1, -0.05) is 6.92 Å². The van der Waals surface area contributed by atoms with E-state index in [1.54, 1.807) is 6.07 Å². The van der Waals surface area contributed by atoms with Crippen LogP contribution in [0.1, 0.15) is 6.92 Å². The molecule has 13 heavy (non-hydrogen) atoms. The van der Waals surface area contributed by atoms with Crippen molar-refractivity contribution in [2.45, 2.75) is 11.9 Å². The maximum atomic E-state index is 10.5. The highest BCUT2D eigenvalue weighted by Gasteiger charge is 2.13. The van der Waals surface area contributed by atoms with E-state index >= 15 is 0 Å². The van der Waals surface area contributed by atoms with E-state index in [0.29, 0.717) is 5.03 Å². The normalized spacial score (nSPS) is 9.92. The highest BCUT2D eigenvalue weighted by atomic mass is 32.2. The molecular weight excluding hydrogens is 190 g/mol. The Morgan fingerprint density at radius 1 is 1.77 bits per heavy atom. The van der Waals surface area contributed by atoms with Gasteiger partial charge in [-0.25, -0.2) is 4.98 Å². The van der Waals surface area contributed by atoms with Crippen molar-refractivity contribution in [1.82, 2.24) is 9.71 Å². The molecule has 0 aliphatic rings. The van der Waals surface area contributed by atoms with Gasteiger partial charge in [0.25, 0.3) is 0 Å². The molecule has 1 rings (SSSR count). The first kappa shape index (κ1) is 9.94. The Bertz CT molecular complexity index is 306. The van der Waals surface area contributed by atoms with Crippen LogP contribution in [0, 0.1) is 10.1 Å². The van der Waals surface area contributed by atoms with Gasteiger partial charge in [0.1, 0.15) is 0 Å². The largest absolute Gasteiger partial charge is 0.302 e. The number of rotatable bonds is 4. The maximum Gasteiger partial charge on any atom is 0.302 e. The summed E-state index contributed by atoms with van der Waals surface area (Å²) in [4.78, 5) is 14.0. The minimum absolute atomic E-state index is 0.0356. The second-order valence-corrected chi connectivity index (χ2v) is 3.06. The Labute approximate surface area is 79.8 Å². The molecule has 0 saturated carbocycles. The van der Waals surface area contributed by atoms with Crippen LogP contribution >= 0.6 is 11.9 Å². The van der Waals surface area contributed by atoms with E-state index in [9.17, 15) is 10.1 Å². The zero-order chi connectivity index (χ0) is 9.68. The molecule has 0 aliphatic carbocycles. The van der Waals surface area contributed by atoms with Crippen LogP contribution < -0.4 is 4.72 Å². The first-order chi connectivity index (χ1) is 6.25. The molecule has 0 aromatic carbocycles. The van der Waals surface area contributed by atoms with Crippen LogP contribution in [0.25, 0.3) is 0 Å². The lowest BCUT2D eigenvalue weighted by Crippen LogP contribution is -2.03. The molecule has 0 unspecified atom stereocenters. The number of aromatic nitrogens is 1. The first-order valence-electron chi connectivity index (χ1n) is 3.74. The van der Waals surface area contributed by atoms with Gasteiger partial charge in [-0.3, -0.25) is 14.8 Å². The van der Waals surface area contributed by atoms with Crippen molar-refractivity contribution < 1.29 is 4.92 Å². The zero-order valence-electron chi connectivity index (χ0n) is 7.06. The summed E-state index contributed by atoms with van der Waals surface area (Å²) in [5.74, 6) is 0. The third-order valence-corrected chi connectivity index (χ3v) is 2.20. The predicted molar refractivity (Wildman–Crippen MR) is 50.4 cm³/mol. The molecule has 0 fully saturated rings. The van der Waals surface area contributed by atoms with Gasteiger partial charge in [-0.15, -0.1) is 0 Å². The second kappa shape index (κ2) is 4.78. The fraction of sp³-hybridized carbons (Fsp3) is 0.286. The lowest BCUT2D eigenvalue weighted by atomic mass is 10.4. The van der Waals surface area contributed by atoms with E-state index in [1.807, 2.05) is 6.92 Å². The standard InChI is InChI=1S/C7H9N3O2S/c1-2-9-13-7-6(10(11)12)4-3-5-8-7/h3-5,9H,2H2,1H3. The minimum atomic E-state index is -0.438. The van der Waals surface area contributed by atoms with Crippen LogP contribution in [0.5, 0.6) is 0 Å². The van der Waals surface area contributed by atoms with E-state index < -0.39 is 4.92 Å². The Balaban J connectivity index is 2.84. The fourth-order valence-electron chi connectivity index (χ4n) is 0.740. The maximum absolute atomic E-state index is 10.5. The molecule has 5 nitrogen and oxygen atoms in total. The van der Waals surface area contributed by atoms with Gasteiger partial charge >= 0.3 is 5.69 Å². The van der Waals surface area contributed by atoms with E-state index in [4.69, 9.17) is 0 Å². The first-order valence-corrected chi connectivity index (χ1v) is 4.56. The van der Waals surface area contributed by atoms with Crippen LogP contribution in [-0.4, -0.2) is 16.5 Å². The zero-order valence-corrected chi connectivity index (χ0v) is 7.87. The molecule has 6 heteroatoms. The highest BCUT2D eigenvalue weighted by Crippen LogP contribution is 2.23. The number of nitrogens with one attached hydrogen (secondary N) is 1. The number of nitrogens with zero attached hydrogens (tertiary/aromatic N) is 2. The second-order valence-electron chi connectivity index (χ2n) is 2.18. The van der Waals surface area contributed by atoms with Crippen LogP contribution in [0.3, 0.4) is 0 Å². The molecule has 0 aliphatic heterocycles. The smallest absolute Gasteiger partial charge is 0.259 e. The van der Waals surface area contributed by atoms with Gasteiger partial charge in [-0.2, -0.15) is 0 Å². The van der Waals surface area contributed by atoms with E-state index in [-0.39, 0.29) is 5.69 Å². The number of hydrogen-bond donors (Lipinski definition) is 1. The van der Waals surface area contributed by atoms with Crippen molar-refractivity contribution in [3.05, 3.63) is 28.4 Å². The fourth-order valence-corrected chi connectivity index (χ4v) is 1.38. The van der Waals surface area contributed by atoms with Crippen LogP contribution in [0.2, 0.25) is 0 Å². The van der Waals surface area contributed by atoms with Crippen LogP contribution in [-0.2, 0) is 0 Å². The summed E-state index contributed by atoms with van der Waals surface area (Å²) in [7, 11) is 0. The summed E-state index contributed by atoms with van der Waals surface area (Å²) in [5, 5.41) is 10.9. The molecule has 0 saturated heterocycles. The lowest BCUT2D eigenvalue weighted by Gasteiger charge is -1.99. The van der Waals surface area contributed by atoms with Gasteiger partial charge in [0.2, 0.25) is 0 Å². The van der Waals surface area contributed by atoms with Gasteiger partial charge < -0.3 is 0 Å². The van der Waals surface area contributed by atoms with Crippen molar-refractivity contribution in [3.63, 3.8) is 0 Å². The van der Waals surface area contributed by atoms with Crippen molar-refractivity contribution in [1.29, 1.82) is 0 Å². The summed E-state index contributed by atoms with van der Waals surface area (Å²) in [5.41, 5.74) is 0.0356. The third-order valence-electron chi connectivity index (χ3n) is 1.26. The average molecular weight is 199 g/mol. The monoisotopic (exact) mass is 199 g/mol. The topological polar surface area (TPSA) is 68.1 Å². The SMILES string of the molecule is CCNSc1ncccc1[N+](=O)[O-]. The van der Waals surface area contributed by atoms with Crippen LogP contribution in [0.4, 0.5) is 5.69 Å². The Hall–Kier alpha value is -1.14. The Morgan fingerprint density at radius 2 is 2.54 bits per heavy atom. The molecule has 1 aromatic rings. The highest BCUT2D eigenvalue weighted by molar-refractivity contribution is 7.97. The van der Waals surface area contributed by atoms with Crippen molar-refractivity contribution in [2.24, 2.45) is 0 Å². The number of nitro groups is 1. The van der Waals surface area contributed by atoms with Gasteiger partial charge in [0.05, 0.1) is 4.92 Å². The van der Waals surface area contributed by atoms with Gasteiger partial charge in [-0.05, 0) is 18.0 Å². The number of hydrogen-bond acceptors (Lipinski definition) is 5. The van der Waals surface area contributed by atoms with Crippen molar-refractivity contribution >= 4 is 17.6 Å². The van der Waals surface area contributed by atoms with E-state index in [2.05, 4.69) is 9.71 Å². The minimum Gasteiger partial charge on any atom is -0.259 e. The third kappa shape index (κ3) is 2.67. The lowest BCUT2D eigenvalue weighted by molar-refractivity contribution is -0.388. The number of pyridine rings is 1. The van der Waals surface area contributed by atoms with Crippen molar-refractivity contribution in [2.75, 3.05) is 6.54 Å². The molecule has 70 valence electrons. The molecule has 1 aromatic heterocycles. The van der Waals surface area contributed by atoms with Gasteiger partial charge in [0, 0.05) is 18.8 Å².